The van der Waals surface area contributed by atoms with Crippen LogP contribution in [0.25, 0.3) is 0 Å². The first-order chi connectivity index (χ1) is 10.6. The number of methoxy groups -OCH3 is 3. The molecule has 0 aromatic heterocycles. The van der Waals surface area contributed by atoms with Gasteiger partial charge in [-0.15, -0.1) is 0 Å². The Balaban J connectivity index is 4.84. The molecule has 0 bridgehead atoms. The van der Waals surface area contributed by atoms with Crippen molar-refractivity contribution < 1.29 is 18.9 Å². The minimum absolute atomic E-state index is 0.286. The van der Waals surface area contributed by atoms with Crippen LogP contribution < -0.4 is 0 Å². The van der Waals surface area contributed by atoms with E-state index in [2.05, 4.69) is 13.8 Å². The maximum atomic E-state index is 5.76. The largest absolute Gasteiger partial charge is 0.381 e. The van der Waals surface area contributed by atoms with Crippen molar-refractivity contribution in [1.29, 1.82) is 0 Å². The maximum absolute atomic E-state index is 5.76. The van der Waals surface area contributed by atoms with E-state index in [-0.39, 0.29) is 5.41 Å². The summed E-state index contributed by atoms with van der Waals surface area (Å²) in [6, 6.07) is 0. The maximum Gasteiger partial charge on any atom is 0.290 e. The van der Waals surface area contributed by atoms with E-state index in [4.69, 9.17) is 18.9 Å². The molecule has 0 aromatic carbocycles. The van der Waals surface area contributed by atoms with Gasteiger partial charge in [-0.1, -0.05) is 52.4 Å². The Morgan fingerprint density at radius 1 is 0.727 bits per heavy atom. The Morgan fingerprint density at radius 2 is 1.27 bits per heavy atom. The van der Waals surface area contributed by atoms with Crippen LogP contribution in [0, 0.1) is 5.41 Å². The molecule has 134 valence electrons. The van der Waals surface area contributed by atoms with Gasteiger partial charge in [0.25, 0.3) is 5.97 Å². The van der Waals surface area contributed by atoms with Crippen LogP contribution in [-0.2, 0) is 18.9 Å². The smallest absolute Gasteiger partial charge is 0.290 e. The second-order valence-electron chi connectivity index (χ2n) is 5.96. The quantitative estimate of drug-likeness (QED) is 0.322. The van der Waals surface area contributed by atoms with E-state index in [1.165, 1.54) is 32.1 Å². The average Bonchev–Trinajstić information content (AvgIpc) is 2.56. The third-order valence-corrected chi connectivity index (χ3v) is 4.72. The van der Waals surface area contributed by atoms with E-state index in [1.54, 1.807) is 21.3 Å². The van der Waals surface area contributed by atoms with E-state index < -0.39 is 5.97 Å². The normalized spacial score (nSPS) is 15.0. The van der Waals surface area contributed by atoms with Crippen LogP contribution in [0.5, 0.6) is 0 Å². The first-order valence-corrected chi connectivity index (χ1v) is 8.85. The van der Waals surface area contributed by atoms with Crippen LogP contribution in [0.2, 0.25) is 0 Å². The molecule has 0 saturated carbocycles. The van der Waals surface area contributed by atoms with Crippen LogP contribution in [0.4, 0.5) is 0 Å². The average molecular weight is 318 g/mol. The summed E-state index contributed by atoms with van der Waals surface area (Å²) in [6.07, 6.45) is 9.47. The lowest BCUT2D eigenvalue weighted by atomic mass is 9.77. The summed E-state index contributed by atoms with van der Waals surface area (Å²) >= 11 is 0. The molecular formula is C18H38O4. The predicted molar refractivity (Wildman–Crippen MR) is 91.0 cm³/mol. The van der Waals surface area contributed by atoms with E-state index in [9.17, 15) is 0 Å². The van der Waals surface area contributed by atoms with Gasteiger partial charge < -0.3 is 18.9 Å². The third-order valence-electron chi connectivity index (χ3n) is 4.72. The molecule has 4 heteroatoms. The van der Waals surface area contributed by atoms with Gasteiger partial charge in [-0.3, -0.25) is 0 Å². The molecule has 0 aliphatic heterocycles. The third kappa shape index (κ3) is 5.80. The molecule has 0 spiro atoms. The lowest BCUT2D eigenvalue weighted by molar-refractivity contribution is -0.414. The van der Waals surface area contributed by atoms with Crippen molar-refractivity contribution in [2.24, 2.45) is 5.41 Å². The molecule has 0 N–H and O–H groups in total. The number of rotatable bonds is 15. The molecule has 1 atom stereocenters. The molecular weight excluding hydrogens is 280 g/mol. The summed E-state index contributed by atoms with van der Waals surface area (Å²) in [5, 5.41) is 0. The van der Waals surface area contributed by atoms with Crippen LogP contribution >= 0.6 is 0 Å². The molecule has 0 aliphatic rings. The monoisotopic (exact) mass is 318 g/mol. The van der Waals surface area contributed by atoms with Gasteiger partial charge >= 0.3 is 0 Å². The van der Waals surface area contributed by atoms with E-state index >= 15 is 0 Å². The minimum Gasteiger partial charge on any atom is -0.381 e. The second-order valence-corrected chi connectivity index (χ2v) is 5.96. The van der Waals surface area contributed by atoms with Crippen molar-refractivity contribution >= 4 is 0 Å². The van der Waals surface area contributed by atoms with Gasteiger partial charge in [-0.2, -0.15) is 0 Å². The highest BCUT2D eigenvalue weighted by atomic mass is 16.9. The molecule has 4 nitrogen and oxygen atoms in total. The molecule has 0 heterocycles. The molecule has 0 radical (unpaired) electrons. The first kappa shape index (κ1) is 21.8. The first-order valence-electron chi connectivity index (χ1n) is 8.85. The van der Waals surface area contributed by atoms with E-state index in [1.807, 2.05) is 6.92 Å². The number of hydrogen-bond acceptors (Lipinski definition) is 4. The standard InChI is InChI=1S/C18H38O4/c1-7-10-11-12-13-14-15-17(8-2,16-22-9-3)18(19-4,20-5)21-6/h7-16H2,1-6H3. The lowest BCUT2D eigenvalue weighted by Crippen LogP contribution is -2.55. The van der Waals surface area contributed by atoms with Gasteiger partial charge in [-0.05, 0) is 19.8 Å². The minimum atomic E-state index is -1.04. The Kier molecular flexibility index (Phi) is 12.2. The summed E-state index contributed by atoms with van der Waals surface area (Å²) in [6.45, 7) is 7.69. The predicted octanol–water partition coefficient (Wildman–Crippen LogP) is 4.76. The van der Waals surface area contributed by atoms with Gasteiger partial charge in [0.2, 0.25) is 0 Å². The summed E-state index contributed by atoms with van der Waals surface area (Å²) in [7, 11) is 4.93. The zero-order chi connectivity index (χ0) is 16.9. The highest BCUT2D eigenvalue weighted by Gasteiger charge is 2.52. The highest BCUT2D eigenvalue weighted by Crippen LogP contribution is 2.44. The number of hydrogen-bond donors (Lipinski definition) is 0. The van der Waals surface area contributed by atoms with E-state index in [0.29, 0.717) is 13.2 Å². The Bertz CT molecular complexity index is 245. The van der Waals surface area contributed by atoms with Crippen molar-refractivity contribution in [3.63, 3.8) is 0 Å². The van der Waals surface area contributed by atoms with Gasteiger partial charge in [0, 0.05) is 27.9 Å². The van der Waals surface area contributed by atoms with Crippen molar-refractivity contribution in [3.8, 4) is 0 Å². The van der Waals surface area contributed by atoms with Crippen molar-refractivity contribution in [2.75, 3.05) is 34.5 Å². The van der Waals surface area contributed by atoms with Gasteiger partial charge in [-0.25, -0.2) is 0 Å². The second kappa shape index (κ2) is 12.3. The molecule has 22 heavy (non-hydrogen) atoms. The molecule has 0 rings (SSSR count). The Morgan fingerprint density at radius 3 is 1.73 bits per heavy atom. The molecule has 0 amide bonds. The number of unbranched alkanes of at least 4 members (excludes halogenated alkanes) is 5. The van der Waals surface area contributed by atoms with E-state index in [0.717, 1.165) is 19.3 Å². The van der Waals surface area contributed by atoms with Gasteiger partial charge in [0.1, 0.15) is 0 Å². The fourth-order valence-electron chi connectivity index (χ4n) is 3.25. The summed E-state index contributed by atoms with van der Waals surface area (Å²) in [4.78, 5) is 0. The molecule has 1 unspecified atom stereocenters. The van der Waals surface area contributed by atoms with Crippen LogP contribution in [-0.4, -0.2) is 40.5 Å². The topological polar surface area (TPSA) is 36.9 Å². The molecule has 0 aromatic rings. The van der Waals surface area contributed by atoms with Crippen LogP contribution in [0.1, 0.15) is 72.1 Å². The van der Waals surface area contributed by atoms with Crippen molar-refractivity contribution in [3.05, 3.63) is 0 Å². The summed E-state index contributed by atoms with van der Waals surface area (Å²) < 4.78 is 22.7. The Labute approximate surface area is 137 Å². The van der Waals surface area contributed by atoms with Crippen LogP contribution in [0.3, 0.4) is 0 Å². The Hall–Kier alpha value is -0.160. The SMILES string of the molecule is CCCCCCCCC(CC)(COCC)C(OC)(OC)OC. The van der Waals surface area contributed by atoms with Gasteiger partial charge in [0.05, 0.1) is 12.0 Å². The summed E-state index contributed by atoms with van der Waals surface area (Å²) in [5.41, 5.74) is -0.286. The molecule has 0 saturated heterocycles. The zero-order valence-electron chi connectivity index (χ0n) is 15.7. The fourth-order valence-corrected chi connectivity index (χ4v) is 3.25. The number of ether oxygens (including phenoxy) is 4. The van der Waals surface area contributed by atoms with Crippen LogP contribution in [0.15, 0.2) is 0 Å². The highest BCUT2D eigenvalue weighted by molar-refractivity contribution is 4.88. The zero-order valence-corrected chi connectivity index (χ0v) is 15.7. The molecule has 0 fully saturated rings. The van der Waals surface area contributed by atoms with Crippen molar-refractivity contribution in [2.45, 2.75) is 78.1 Å². The van der Waals surface area contributed by atoms with Gasteiger partial charge in [0.15, 0.2) is 0 Å². The lowest BCUT2D eigenvalue weighted by Gasteiger charge is -2.46. The fraction of sp³-hybridized carbons (Fsp3) is 1.00. The molecule has 0 aliphatic carbocycles. The van der Waals surface area contributed by atoms with Crippen molar-refractivity contribution in [1.82, 2.24) is 0 Å². The summed E-state index contributed by atoms with van der Waals surface area (Å²) in [5.74, 6) is -1.04.